The summed E-state index contributed by atoms with van der Waals surface area (Å²) in [5, 5.41) is 4.39. The van der Waals surface area contributed by atoms with Gasteiger partial charge in [0, 0.05) is 17.6 Å². The molecule has 82 valence electrons. The van der Waals surface area contributed by atoms with Gasteiger partial charge >= 0.3 is 0 Å². The Morgan fingerprint density at radius 3 is 2.87 bits per heavy atom. The molecule has 0 aromatic heterocycles. The third kappa shape index (κ3) is 2.96. The number of hydrogen-bond acceptors (Lipinski definition) is 1. The predicted octanol–water partition coefficient (Wildman–Crippen LogP) is 3.62. The van der Waals surface area contributed by atoms with Gasteiger partial charge in [-0.2, -0.15) is 0 Å². The topological polar surface area (TPSA) is 12.0 Å². The Hall–Kier alpha value is -0.530. The zero-order valence-corrected chi connectivity index (χ0v) is 9.93. The normalized spacial score (nSPS) is 18.5. The fourth-order valence-corrected chi connectivity index (χ4v) is 2.25. The quantitative estimate of drug-likeness (QED) is 0.822. The number of rotatable bonds is 4. The Kier molecular flexibility index (Phi) is 3.66. The van der Waals surface area contributed by atoms with Crippen LogP contribution in [0.1, 0.15) is 31.7 Å². The van der Waals surface area contributed by atoms with E-state index in [1.165, 1.54) is 24.8 Å². The zero-order chi connectivity index (χ0) is 10.7. The smallest absolute Gasteiger partial charge is 0.0409 e. The summed E-state index contributed by atoms with van der Waals surface area (Å²) >= 11 is 5.93. The summed E-state index contributed by atoms with van der Waals surface area (Å²) in [4.78, 5) is 0. The van der Waals surface area contributed by atoms with E-state index in [2.05, 4.69) is 18.3 Å². The predicted molar refractivity (Wildman–Crippen MR) is 65.1 cm³/mol. The Morgan fingerprint density at radius 1 is 1.47 bits per heavy atom. The molecular formula is C13H18ClN. The monoisotopic (exact) mass is 223 g/mol. The third-order valence-electron chi connectivity index (χ3n) is 3.37. The first kappa shape index (κ1) is 11.0. The molecule has 0 unspecified atom stereocenters. The molecule has 1 fully saturated rings. The lowest BCUT2D eigenvalue weighted by Crippen LogP contribution is -2.36. The molecule has 1 saturated carbocycles. The van der Waals surface area contributed by atoms with Crippen LogP contribution >= 0.6 is 11.6 Å². The van der Waals surface area contributed by atoms with Crippen molar-refractivity contribution in [2.75, 3.05) is 0 Å². The van der Waals surface area contributed by atoms with E-state index in [0.29, 0.717) is 6.04 Å². The van der Waals surface area contributed by atoms with E-state index in [4.69, 9.17) is 11.6 Å². The minimum absolute atomic E-state index is 0.637. The molecule has 1 N–H and O–H groups in total. The van der Waals surface area contributed by atoms with Gasteiger partial charge in [-0.1, -0.05) is 30.2 Å². The second-order valence-corrected chi connectivity index (χ2v) is 4.93. The zero-order valence-electron chi connectivity index (χ0n) is 9.17. The Balaban J connectivity index is 1.81. The summed E-state index contributed by atoms with van der Waals surface area (Å²) in [7, 11) is 0. The van der Waals surface area contributed by atoms with E-state index in [1.807, 2.05) is 18.2 Å². The molecule has 0 aliphatic heterocycles. The van der Waals surface area contributed by atoms with Crippen molar-refractivity contribution < 1.29 is 0 Å². The van der Waals surface area contributed by atoms with Crippen LogP contribution in [0.15, 0.2) is 24.3 Å². The van der Waals surface area contributed by atoms with E-state index in [0.717, 1.165) is 17.5 Å². The molecule has 0 spiro atoms. The standard InChI is InChI=1S/C13H18ClN/c1-10(12-5-3-6-12)15-9-11-4-2-7-13(14)8-11/h2,4,7-8,10,12,15H,3,5-6,9H2,1H3/t10-/m0/s1. The van der Waals surface area contributed by atoms with Crippen molar-refractivity contribution in [3.05, 3.63) is 34.9 Å². The van der Waals surface area contributed by atoms with Crippen molar-refractivity contribution in [1.29, 1.82) is 0 Å². The highest BCUT2D eigenvalue weighted by molar-refractivity contribution is 6.30. The molecule has 1 aromatic carbocycles. The van der Waals surface area contributed by atoms with Crippen LogP contribution in [-0.4, -0.2) is 6.04 Å². The molecule has 1 atom stereocenters. The minimum atomic E-state index is 0.637. The number of nitrogens with one attached hydrogen (secondary N) is 1. The minimum Gasteiger partial charge on any atom is -0.310 e. The summed E-state index contributed by atoms with van der Waals surface area (Å²) < 4.78 is 0. The van der Waals surface area contributed by atoms with Crippen molar-refractivity contribution in [2.24, 2.45) is 5.92 Å². The lowest BCUT2D eigenvalue weighted by Gasteiger charge is -2.32. The van der Waals surface area contributed by atoms with Crippen LogP contribution in [0, 0.1) is 5.92 Å². The van der Waals surface area contributed by atoms with Crippen molar-refractivity contribution >= 4 is 11.6 Å². The van der Waals surface area contributed by atoms with Gasteiger partial charge in [0.1, 0.15) is 0 Å². The summed E-state index contributed by atoms with van der Waals surface area (Å²) in [6.45, 7) is 3.21. The SMILES string of the molecule is C[C@H](NCc1cccc(Cl)c1)C1CCC1. The summed E-state index contributed by atoms with van der Waals surface area (Å²) in [6, 6.07) is 8.71. The van der Waals surface area contributed by atoms with E-state index >= 15 is 0 Å². The van der Waals surface area contributed by atoms with Gasteiger partial charge in [0.15, 0.2) is 0 Å². The van der Waals surface area contributed by atoms with Crippen LogP contribution in [0.5, 0.6) is 0 Å². The molecule has 15 heavy (non-hydrogen) atoms. The van der Waals surface area contributed by atoms with Gasteiger partial charge in [-0.3, -0.25) is 0 Å². The van der Waals surface area contributed by atoms with Crippen LogP contribution in [0.4, 0.5) is 0 Å². The van der Waals surface area contributed by atoms with Crippen LogP contribution < -0.4 is 5.32 Å². The highest BCUT2D eigenvalue weighted by atomic mass is 35.5. The van der Waals surface area contributed by atoms with E-state index < -0.39 is 0 Å². The molecule has 2 rings (SSSR count). The summed E-state index contributed by atoms with van der Waals surface area (Å²) in [6.07, 6.45) is 4.20. The summed E-state index contributed by atoms with van der Waals surface area (Å²) in [5.41, 5.74) is 1.27. The number of hydrogen-bond donors (Lipinski definition) is 1. The summed E-state index contributed by atoms with van der Waals surface area (Å²) in [5.74, 6) is 0.893. The van der Waals surface area contributed by atoms with Crippen LogP contribution in [0.25, 0.3) is 0 Å². The van der Waals surface area contributed by atoms with Gasteiger partial charge in [-0.05, 0) is 43.4 Å². The molecule has 1 nitrogen and oxygen atoms in total. The Morgan fingerprint density at radius 2 is 2.27 bits per heavy atom. The number of benzene rings is 1. The average Bonchev–Trinajstić information content (AvgIpc) is 2.12. The van der Waals surface area contributed by atoms with Gasteiger partial charge < -0.3 is 5.32 Å². The van der Waals surface area contributed by atoms with E-state index in [9.17, 15) is 0 Å². The van der Waals surface area contributed by atoms with Gasteiger partial charge in [-0.25, -0.2) is 0 Å². The molecule has 0 amide bonds. The van der Waals surface area contributed by atoms with E-state index in [-0.39, 0.29) is 0 Å². The molecule has 0 saturated heterocycles. The van der Waals surface area contributed by atoms with Crippen LogP contribution in [0.3, 0.4) is 0 Å². The molecule has 1 aromatic rings. The highest BCUT2D eigenvalue weighted by Gasteiger charge is 2.23. The maximum atomic E-state index is 5.93. The average molecular weight is 224 g/mol. The fourth-order valence-electron chi connectivity index (χ4n) is 2.03. The van der Waals surface area contributed by atoms with E-state index in [1.54, 1.807) is 0 Å². The molecule has 0 radical (unpaired) electrons. The molecular weight excluding hydrogens is 206 g/mol. The maximum absolute atomic E-state index is 5.93. The lowest BCUT2D eigenvalue weighted by molar-refractivity contribution is 0.240. The van der Waals surface area contributed by atoms with Crippen LogP contribution in [-0.2, 0) is 6.54 Å². The first-order valence-electron chi connectivity index (χ1n) is 5.73. The second-order valence-electron chi connectivity index (χ2n) is 4.49. The van der Waals surface area contributed by atoms with Gasteiger partial charge in [0.25, 0.3) is 0 Å². The van der Waals surface area contributed by atoms with Crippen molar-refractivity contribution in [2.45, 2.75) is 38.8 Å². The third-order valence-corrected chi connectivity index (χ3v) is 3.61. The largest absolute Gasteiger partial charge is 0.310 e. The van der Waals surface area contributed by atoms with Gasteiger partial charge in [0.2, 0.25) is 0 Å². The van der Waals surface area contributed by atoms with Crippen LogP contribution in [0.2, 0.25) is 5.02 Å². The Bertz CT molecular complexity index is 320. The molecule has 0 heterocycles. The highest BCUT2D eigenvalue weighted by Crippen LogP contribution is 2.29. The first-order chi connectivity index (χ1) is 7.25. The lowest BCUT2D eigenvalue weighted by atomic mass is 9.80. The van der Waals surface area contributed by atoms with Gasteiger partial charge in [0.05, 0.1) is 0 Å². The molecule has 0 bridgehead atoms. The Labute approximate surface area is 96.8 Å². The maximum Gasteiger partial charge on any atom is 0.0409 e. The van der Waals surface area contributed by atoms with Crippen molar-refractivity contribution in [3.63, 3.8) is 0 Å². The molecule has 1 aliphatic carbocycles. The second kappa shape index (κ2) is 5.00. The number of halogens is 1. The fraction of sp³-hybridized carbons (Fsp3) is 0.538. The van der Waals surface area contributed by atoms with Crippen molar-refractivity contribution in [3.8, 4) is 0 Å². The first-order valence-corrected chi connectivity index (χ1v) is 6.11. The van der Waals surface area contributed by atoms with Crippen molar-refractivity contribution in [1.82, 2.24) is 5.32 Å². The van der Waals surface area contributed by atoms with Gasteiger partial charge in [-0.15, -0.1) is 0 Å². The molecule has 2 heteroatoms. The molecule has 1 aliphatic rings.